The third kappa shape index (κ3) is 4.91. The van der Waals surface area contributed by atoms with Gasteiger partial charge < -0.3 is 15.7 Å². The number of rotatable bonds is 4. The molecule has 21 heavy (non-hydrogen) atoms. The lowest BCUT2D eigenvalue weighted by atomic mass is 9.86. The van der Waals surface area contributed by atoms with E-state index >= 15 is 0 Å². The molecule has 3 N–H and O–H groups in total. The van der Waals surface area contributed by atoms with Crippen LogP contribution >= 0.6 is 0 Å². The van der Waals surface area contributed by atoms with Crippen molar-refractivity contribution in [3.8, 4) is 0 Å². The fraction of sp³-hybridized carbons (Fsp3) is 0.400. The number of aliphatic carboxylic acids is 1. The number of hydrogen-bond acceptors (Lipinski definition) is 3. The van der Waals surface area contributed by atoms with E-state index in [1.807, 2.05) is 0 Å². The van der Waals surface area contributed by atoms with E-state index in [0.717, 1.165) is 0 Å². The van der Waals surface area contributed by atoms with E-state index in [4.69, 9.17) is 0 Å². The molecule has 2 amide bonds. The molecule has 0 saturated heterocycles. The van der Waals surface area contributed by atoms with Crippen LogP contribution in [0.25, 0.3) is 0 Å². The Hall–Kier alpha value is -2.37. The summed E-state index contributed by atoms with van der Waals surface area (Å²) >= 11 is 0. The van der Waals surface area contributed by atoms with Crippen molar-refractivity contribution >= 4 is 23.5 Å². The van der Waals surface area contributed by atoms with Crippen LogP contribution in [-0.4, -0.2) is 28.9 Å². The van der Waals surface area contributed by atoms with Gasteiger partial charge in [-0.25, -0.2) is 4.79 Å². The van der Waals surface area contributed by atoms with E-state index in [9.17, 15) is 19.5 Å². The minimum absolute atomic E-state index is 0.203. The third-order valence-corrected chi connectivity index (χ3v) is 2.86. The summed E-state index contributed by atoms with van der Waals surface area (Å²) in [5.41, 5.74) is 0.307. The molecular weight excluding hydrogens is 272 g/mol. The predicted octanol–water partition coefficient (Wildman–Crippen LogP) is 1.87. The first-order chi connectivity index (χ1) is 9.61. The fourth-order valence-electron chi connectivity index (χ4n) is 1.77. The molecule has 1 rings (SSSR count). The van der Waals surface area contributed by atoms with E-state index in [2.05, 4.69) is 10.6 Å². The summed E-state index contributed by atoms with van der Waals surface area (Å²) in [6.45, 7) is 6.62. The van der Waals surface area contributed by atoms with Gasteiger partial charge in [0.15, 0.2) is 0 Å². The second-order valence-electron chi connectivity index (χ2n) is 5.87. The SMILES string of the molecule is CC(=O)Nc1ccc(C(=O)N[C@H](C(=O)O)C(C)(C)C)cc1. The van der Waals surface area contributed by atoms with Gasteiger partial charge in [-0.05, 0) is 29.7 Å². The minimum atomic E-state index is -1.08. The zero-order chi connectivity index (χ0) is 16.2. The number of carbonyl (C=O) groups excluding carboxylic acids is 2. The molecule has 0 aliphatic carbocycles. The topological polar surface area (TPSA) is 95.5 Å². The molecule has 0 unspecified atom stereocenters. The van der Waals surface area contributed by atoms with Crippen molar-refractivity contribution in [2.75, 3.05) is 5.32 Å². The highest BCUT2D eigenvalue weighted by Gasteiger charge is 2.32. The molecule has 1 aromatic rings. The number of hydrogen-bond donors (Lipinski definition) is 3. The van der Waals surface area contributed by atoms with Gasteiger partial charge in [0.25, 0.3) is 5.91 Å². The molecule has 0 aliphatic rings. The Balaban J connectivity index is 2.84. The van der Waals surface area contributed by atoms with E-state index in [0.29, 0.717) is 11.3 Å². The smallest absolute Gasteiger partial charge is 0.326 e. The van der Waals surface area contributed by atoms with Gasteiger partial charge in [-0.3, -0.25) is 9.59 Å². The molecule has 1 atom stereocenters. The molecule has 0 fully saturated rings. The van der Waals surface area contributed by atoms with Crippen LogP contribution in [0, 0.1) is 5.41 Å². The van der Waals surface area contributed by atoms with Crippen molar-refractivity contribution in [2.24, 2.45) is 5.41 Å². The van der Waals surface area contributed by atoms with Crippen molar-refractivity contribution in [2.45, 2.75) is 33.7 Å². The summed E-state index contributed by atoms with van der Waals surface area (Å²) < 4.78 is 0. The van der Waals surface area contributed by atoms with Crippen molar-refractivity contribution in [3.05, 3.63) is 29.8 Å². The number of anilines is 1. The lowest BCUT2D eigenvalue weighted by molar-refractivity contribution is -0.142. The van der Waals surface area contributed by atoms with Gasteiger partial charge in [-0.1, -0.05) is 20.8 Å². The quantitative estimate of drug-likeness (QED) is 0.789. The van der Waals surface area contributed by atoms with Crippen LogP contribution in [-0.2, 0) is 9.59 Å². The monoisotopic (exact) mass is 292 g/mol. The molecule has 0 aliphatic heterocycles. The van der Waals surface area contributed by atoms with E-state index in [1.165, 1.54) is 19.1 Å². The molecule has 114 valence electrons. The first-order valence-electron chi connectivity index (χ1n) is 6.52. The van der Waals surface area contributed by atoms with Gasteiger partial charge in [0.1, 0.15) is 6.04 Å². The lowest BCUT2D eigenvalue weighted by Crippen LogP contribution is -2.49. The highest BCUT2D eigenvalue weighted by molar-refractivity contribution is 5.97. The molecule has 0 heterocycles. The summed E-state index contributed by atoms with van der Waals surface area (Å²) in [5, 5.41) is 14.3. The molecule has 6 heteroatoms. The maximum atomic E-state index is 12.1. The Morgan fingerprint density at radius 1 is 1.10 bits per heavy atom. The van der Waals surface area contributed by atoms with E-state index < -0.39 is 23.3 Å². The molecule has 0 saturated carbocycles. The standard InChI is InChI=1S/C15H20N2O4/c1-9(18)16-11-7-5-10(6-8-11)13(19)17-12(14(20)21)15(2,3)4/h5-8,12H,1-4H3,(H,16,18)(H,17,19)(H,20,21)/t12-/m1/s1. The van der Waals surface area contributed by atoms with Crippen LogP contribution < -0.4 is 10.6 Å². The minimum Gasteiger partial charge on any atom is -0.480 e. The van der Waals surface area contributed by atoms with Crippen molar-refractivity contribution in [1.82, 2.24) is 5.32 Å². The lowest BCUT2D eigenvalue weighted by Gasteiger charge is -2.27. The molecule has 1 aromatic carbocycles. The summed E-state index contributed by atoms with van der Waals surface area (Å²) in [6, 6.07) is 5.25. The van der Waals surface area contributed by atoms with Crippen LogP contribution in [0.4, 0.5) is 5.69 Å². The molecule has 0 spiro atoms. The van der Waals surface area contributed by atoms with Gasteiger partial charge >= 0.3 is 5.97 Å². The van der Waals surface area contributed by atoms with Gasteiger partial charge in [0.05, 0.1) is 0 Å². The van der Waals surface area contributed by atoms with Crippen LogP contribution in [0.2, 0.25) is 0 Å². The van der Waals surface area contributed by atoms with E-state index in [1.54, 1.807) is 32.9 Å². The largest absolute Gasteiger partial charge is 0.480 e. The zero-order valence-corrected chi connectivity index (χ0v) is 12.6. The second kappa shape index (κ2) is 6.39. The van der Waals surface area contributed by atoms with Crippen LogP contribution in [0.1, 0.15) is 38.1 Å². The fourth-order valence-corrected chi connectivity index (χ4v) is 1.77. The van der Waals surface area contributed by atoms with Crippen molar-refractivity contribution < 1.29 is 19.5 Å². The first-order valence-corrected chi connectivity index (χ1v) is 6.52. The highest BCUT2D eigenvalue weighted by Crippen LogP contribution is 2.20. The summed E-state index contributed by atoms with van der Waals surface area (Å²) in [5.74, 6) is -1.75. The third-order valence-electron chi connectivity index (χ3n) is 2.86. The van der Waals surface area contributed by atoms with Gasteiger partial charge in [0, 0.05) is 18.2 Å². The Morgan fingerprint density at radius 3 is 2.00 bits per heavy atom. The molecule has 0 radical (unpaired) electrons. The van der Waals surface area contributed by atoms with Crippen LogP contribution in [0.5, 0.6) is 0 Å². The number of carbonyl (C=O) groups is 3. The number of benzene rings is 1. The van der Waals surface area contributed by atoms with Gasteiger partial charge in [-0.2, -0.15) is 0 Å². The van der Waals surface area contributed by atoms with Crippen LogP contribution in [0.15, 0.2) is 24.3 Å². The molecule has 0 aromatic heterocycles. The summed E-state index contributed by atoms with van der Waals surface area (Å²) in [7, 11) is 0. The Kier molecular flexibility index (Phi) is 5.07. The zero-order valence-electron chi connectivity index (χ0n) is 12.6. The molecular formula is C15H20N2O4. The maximum absolute atomic E-state index is 12.1. The van der Waals surface area contributed by atoms with E-state index in [-0.39, 0.29) is 5.91 Å². The van der Waals surface area contributed by atoms with Gasteiger partial charge in [0.2, 0.25) is 5.91 Å². The maximum Gasteiger partial charge on any atom is 0.326 e. The second-order valence-corrected chi connectivity index (χ2v) is 5.87. The predicted molar refractivity (Wildman–Crippen MR) is 79.1 cm³/mol. The van der Waals surface area contributed by atoms with Crippen molar-refractivity contribution in [3.63, 3.8) is 0 Å². The number of carboxylic acid groups (broad SMARTS) is 1. The number of amides is 2. The average Bonchev–Trinajstić information content (AvgIpc) is 2.34. The number of nitrogens with one attached hydrogen (secondary N) is 2. The number of carboxylic acids is 1. The summed E-state index contributed by atoms with van der Waals surface area (Å²) in [6.07, 6.45) is 0. The van der Waals surface area contributed by atoms with Crippen molar-refractivity contribution in [1.29, 1.82) is 0 Å². The Labute approximate surface area is 123 Å². The Bertz CT molecular complexity index is 544. The normalized spacial score (nSPS) is 12.4. The first kappa shape index (κ1) is 16.7. The van der Waals surface area contributed by atoms with Crippen LogP contribution in [0.3, 0.4) is 0 Å². The highest BCUT2D eigenvalue weighted by atomic mass is 16.4. The average molecular weight is 292 g/mol. The summed E-state index contributed by atoms with van der Waals surface area (Å²) in [4.78, 5) is 34.2. The molecule has 0 bridgehead atoms. The molecule has 6 nitrogen and oxygen atoms in total. The Morgan fingerprint density at radius 2 is 1.62 bits per heavy atom. The van der Waals surface area contributed by atoms with Gasteiger partial charge in [-0.15, -0.1) is 0 Å².